The molecule has 0 atom stereocenters. The van der Waals surface area contributed by atoms with Crippen LogP contribution in [0.1, 0.15) is 61.8 Å². The summed E-state index contributed by atoms with van der Waals surface area (Å²) < 4.78 is 0. The highest BCUT2D eigenvalue weighted by Gasteiger charge is 1.81. The Balaban J connectivity index is -0.0000000564. The third kappa shape index (κ3) is 41.7. The first-order chi connectivity index (χ1) is 4.27. The first-order valence-corrected chi connectivity index (χ1v) is 3.91. The third-order valence-electron chi connectivity index (χ3n) is 0.957. The number of hydrogen-bond acceptors (Lipinski definition) is 0. The molecule has 11 heavy (non-hydrogen) atoms. The molecule has 0 aliphatic carbocycles. The van der Waals surface area contributed by atoms with Gasteiger partial charge in [-0.15, -0.1) is 6.58 Å². The maximum atomic E-state index is 3.79. The molecule has 0 fully saturated rings. The molecule has 0 unspecified atom stereocenters. The van der Waals surface area contributed by atoms with E-state index in [1.54, 1.807) is 0 Å². The fourth-order valence-corrected chi connectivity index (χ4v) is 0.479. The summed E-state index contributed by atoms with van der Waals surface area (Å²) in [6.45, 7) is 12.1. The number of rotatable bonds is 3. The molecule has 0 aromatic heterocycles. The fraction of sp³-hybridized carbons (Fsp3) is 0.818. The Bertz CT molecular complexity index is 53.1. The predicted octanol–water partition coefficient (Wildman–Crippen LogP) is 5.05. The van der Waals surface area contributed by atoms with Gasteiger partial charge in [-0.05, 0) is 19.8 Å². The highest BCUT2D eigenvalue weighted by molar-refractivity contribution is 4.86. The van der Waals surface area contributed by atoms with E-state index in [1.165, 1.54) is 24.8 Å². The Morgan fingerprint density at radius 3 is 1.64 bits per heavy atom. The van der Waals surface area contributed by atoms with Crippen LogP contribution in [0.3, 0.4) is 0 Å². The Kier molecular flexibility index (Phi) is 46.0. The Hall–Kier alpha value is -0.260. The van der Waals surface area contributed by atoms with Crippen LogP contribution in [0, 0.1) is 0 Å². The van der Waals surface area contributed by atoms with Crippen LogP contribution in [0.15, 0.2) is 12.2 Å². The van der Waals surface area contributed by atoms with Crippen molar-refractivity contribution in [1.29, 1.82) is 0 Å². The second kappa shape index (κ2) is 22.6. The highest BCUT2D eigenvalue weighted by Crippen LogP contribution is 2.01. The lowest BCUT2D eigenvalue weighted by Crippen LogP contribution is -1.71. The third-order valence-corrected chi connectivity index (χ3v) is 0.957. The van der Waals surface area contributed by atoms with Gasteiger partial charge in [0.05, 0.1) is 0 Å². The van der Waals surface area contributed by atoms with Crippen molar-refractivity contribution < 1.29 is 0 Å². The second-order valence-electron chi connectivity index (χ2n) is 2.06. The molecule has 0 aliphatic heterocycles. The Labute approximate surface area is 74.7 Å². The lowest BCUT2D eigenvalue weighted by molar-refractivity contribution is 0.789. The van der Waals surface area contributed by atoms with Gasteiger partial charge in [-0.25, -0.2) is 0 Å². The summed E-state index contributed by atoms with van der Waals surface area (Å²) in [6.07, 6.45) is 3.79. The van der Waals surface area contributed by atoms with Crippen LogP contribution in [0.5, 0.6) is 0 Å². The molecule has 0 amide bonds. The molecule has 0 aromatic rings. The fourth-order valence-electron chi connectivity index (χ4n) is 0.479. The maximum absolute atomic E-state index is 3.79. The lowest BCUT2D eigenvalue weighted by Gasteiger charge is -1.91. The average Bonchev–Trinajstić information content (AvgIpc) is 1.88. The topological polar surface area (TPSA) is 0 Å². The van der Waals surface area contributed by atoms with E-state index in [9.17, 15) is 0 Å². The molecule has 0 saturated heterocycles. The maximum Gasteiger partial charge on any atom is -0.0326 e. The van der Waals surface area contributed by atoms with Crippen LogP contribution in [0.2, 0.25) is 0 Å². The van der Waals surface area contributed by atoms with E-state index in [4.69, 9.17) is 0 Å². The minimum Gasteiger partial charge on any atom is -0.100 e. The molecule has 0 aliphatic rings. The van der Waals surface area contributed by atoms with Gasteiger partial charge in [0.2, 0.25) is 0 Å². The van der Waals surface area contributed by atoms with E-state index in [2.05, 4.69) is 20.4 Å². The smallest absolute Gasteiger partial charge is 0.0326 e. The second-order valence-corrected chi connectivity index (χ2v) is 2.06. The van der Waals surface area contributed by atoms with Crippen LogP contribution in [-0.4, -0.2) is 0 Å². The van der Waals surface area contributed by atoms with Crippen LogP contribution in [-0.2, 0) is 0 Å². The van der Waals surface area contributed by atoms with E-state index >= 15 is 0 Å². The first-order valence-electron chi connectivity index (χ1n) is 3.91. The van der Waals surface area contributed by atoms with E-state index in [1.807, 2.05) is 13.8 Å². The van der Waals surface area contributed by atoms with E-state index in [0.717, 1.165) is 0 Å². The predicted molar refractivity (Wildman–Crippen MR) is 59.1 cm³/mol. The SMILES string of the molecule is C.C.C=C(C)CCCC.CC. The molecule has 0 heterocycles. The minimum atomic E-state index is 0. The summed E-state index contributed by atoms with van der Waals surface area (Å²) in [5.74, 6) is 0. The minimum absolute atomic E-state index is 0. The van der Waals surface area contributed by atoms with E-state index < -0.39 is 0 Å². The molecule has 0 nitrogen and oxygen atoms in total. The van der Waals surface area contributed by atoms with Crippen molar-refractivity contribution in [2.75, 3.05) is 0 Å². The van der Waals surface area contributed by atoms with Gasteiger partial charge in [-0.3, -0.25) is 0 Å². The van der Waals surface area contributed by atoms with Crippen LogP contribution >= 0.6 is 0 Å². The van der Waals surface area contributed by atoms with Crippen LogP contribution < -0.4 is 0 Å². The summed E-state index contributed by atoms with van der Waals surface area (Å²) in [4.78, 5) is 0. The van der Waals surface area contributed by atoms with Gasteiger partial charge < -0.3 is 0 Å². The van der Waals surface area contributed by atoms with Gasteiger partial charge in [0.15, 0.2) is 0 Å². The zero-order chi connectivity index (χ0) is 7.70. The molecular formula is C11H28. The largest absolute Gasteiger partial charge is 0.100 e. The zero-order valence-electron chi connectivity index (χ0n) is 7.33. The molecule has 72 valence electrons. The Morgan fingerprint density at radius 2 is 1.55 bits per heavy atom. The lowest BCUT2D eigenvalue weighted by atomic mass is 10.2. The molecular weight excluding hydrogens is 132 g/mol. The zero-order valence-corrected chi connectivity index (χ0v) is 7.33. The van der Waals surface area contributed by atoms with Gasteiger partial charge in [0.1, 0.15) is 0 Å². The van der Waals surface area contributed by atoms with E-state index in [0.29, 0.717) is 0 Å². The number of allylic oxidation sites excluding steroid dienone is 1. The standard InChI is InChI=1S/C7H14.C2H6.2CH4/c1-4-5-6-7(2)3;1-2;;/h2,4-6H2,1,3H3;1-2H3;2*1H4. The quantitative estimate of drug-likeness (QED) is 0.507. The van der Waals surface area contributed by atoms with Crippen molar-refractivity contribution in [3.8, 4) is 0 Å². The summed E-state index contributed by atoms with van der Waals surface area (Å²) in [5, 5.41) is 0. The monoisotopic (exact) mass is 160 g/mol. The molecule has 0 heteroatoms. The summed E-state index contributed by atoms with van der Waals surface area (Å²) in [6, 6.07) is 0. The molecule has 0 rings (SSSR count). The summed E-state index contributed by atoms with van der Waals surface area (Å²) in [7, 11) is 0. The van der Waals surface area contributed by atoms with Crippen LogP contribution in [0.4, 0.5) is 0 Å². The molecule has 0 aromatic carbocycles. The van der Waals surface area contributed by atoms with E-state index in [-0.39, 0.29) is 14.9 Å². The summed E-state index contributed by atoms with van der Waals surface area (Å²) in [5.41, 5.74) is 1.31. The van der Waals surface area contributed by atoms with Crippen molar-refractivity contribution >= 4 is 0 Å². The van der Waals surface area contributed by atoms with Crippen molar-refractivity contribution in [3.63, 3.8) is 0 Å². The van der Waals surface area contributed by atoms with Crippen molar-refractivity contribution in [1.82, 2.24) is 0 Å². The summed E-state index contributed by atoms with van der Waals surface area (Å²) >= 11 is 0. The highest BCUT2D eigenvalue weighted by atomic mass is 13.9. The van der Waals surface area contributed by atoms with Crippen molar-refractivity contribution in [2.24, 2.45) is 0 Å². The number of hydrogen-bond donors (Lipinski definition) is 0. The van der Waals surface area contributed by atoms with Crippen LogP contribution in [0.25, 0.3) is 0 Å². The van der Waals surface area contributed by atoms with Gasteiger partial charge in [0.25, 0.3) is 0 Å². The number of unbranched alkanes of at least 4 members (excludes halogenated alkanes) is 1. The molecule has 0 saturated carbocycles. The van der Waals surface area contributed by atoms with Crippen molar-refractivity contribution in [3.05, 3.63) is 12.2 Å². The van der Waals surface area contributed by atoms with Gasteiger partial charge in [-0.2, -0.15) is 0 Å². The normalized spacial score (nSPS) is 6.18. The molecule has 0 radical (unpaired) electrons. The first kappa shape index (κ1) is 22.4. The molecule has 0 bridgehead atoms. The Morgan fingerprint density at radius 1 is 1.18 bits per heavy atom. The van der Waals surface area contributed by atoms with Gasteiger partial charge in [-0.1, -0.05) is 47.6 Å². The van der Waals surface area contributed by atoms with Crippen molar-refractivity contribution in [2.45, 2.75) is 61.8 Å². The molecule has 0 N–H and O–H groups in total. The van der Waals surface area contributed by atoms with Gasteiger partial charge in [0, 0.05) is 0 Å². The molecule has 0 spiro atoms. The average molecular weight is 160 g/mol. The van der Waals surface area contributed by atoms with Gasteiger partial charge >= 0.3 is 0 Å².